The van der Waals surface area contributed by atoms with Gasteiger partial charge in [-0.2, -0.15) is 4.98 Å². The summed E-state index contributed by atoms with van der Waals surface area (Å²) in [5.41, 5.74) is 0.835. The zero-order valence-corrected chi connectivity index (χ0v) is 8.73. The third-order valence-corrected chi connectivity index (χ3v) is 2.22. The second kappa shape index (κ2) is 4.27. The molecule has 0 aliphatic carbocycles. The van der Waals surface area contributed by atoms with Crippen LogP contribution in [-0.4, -0.2) is 23.2 Å². The molecule has 80 valence electrons. The van der Waals surface area contributed by atoms with Gasteiger partial charge in [0.2, 0.25) is 11.7 Å². The summed E-state index contributed by atoms with van der Waals surface area (Å²) in [5.74, 6) is 1.20. The highest BCUT2D eigenvalue weighted by Crippen LogP contribution is 2.16. The largest absolute Gasteiger partial charge is 0.472 e. The van der Waals surface area contributed by atoms with E-state index in [-0.39, 0.29) is 0 Å². The first kappa shape index (κ1) is 9.92. The number of nitrogens with one attached hydrogen (secondary N) is 1. The monoisotopic (exact) mass is 207 g/mol. The molecular weight excluding hydrogens is 194 g/mol. The normalized spacial score (nSPS) is 12.9. The van der Waals surface area contributed by atoms with Crippen LogP contribution in [0.2, 0.25) is 0 Å². The van der Waals surface area contributed by atoms with Gasteiger partial charge >= 0.3 is 0 Å². The van der Waals surface area contributed by atoms with Gasteiger partial charge in [-0.1, -0.05) is 5.16 Å². The number of furan rings is 1. The van der Waals surface area contributed by atoms with E-state index in [1.165, 1.54) is 0 Å². The quantitative estimate of drug-likeness (QED) is 0.822. The Morgan fingerprint density at radius 1 is 1.53 bits per heavy atom. The molecule has 0 amide bonds. The molecule has 2 heterocycles. The van der Waals surface area contributed by atoms with Gasteiger partial charge in [0.1, 0.15) is 6.26 Å². The summed E-state index contributed by atoms with van der Waals surface area (Å²) in [6.07, 6.45) is 3.90. The van der Waals surface area contributed by atoms with Gasteiger partial charge in [0, 0.05) is 12.5 Å². The summed E-state index contributed by atoms with van der Waals surface area (Å²) < 4.78 is 10.1. The van der Waals surface area contributed by atoms with Crippen LogP contribution in [0.4, 0.5) is 0 Å². The molecule has 0 aliphatic heterocycles. The third kappa shape index (κ3) is 2.24. The standard InChI is InChI=1S/C10H13N3O2/c1-7(11-2)5-9-12-10(13-15-9)8-3-4-14-6-8/h3-4,6-7,11H,5H2,1-2H3. The van der Waals surface area contributed by atoms with E-state index in [4.69, 9.17) is 8.94 Å². The lowest BCUT2D eigenvalue weighted by molar-refractivity contribution is 0.365. The lowest BCUT2D eigenvalue weighted by atomic mass is 10.2. The van der Waals surface area contributed by atoms with Gasteiger partial charge in [0.25, 0.3) is 0 Å². The van der Waals surface area contributed by atoms with Gasteiger partial charge in [0.05, 0.1) is 11.8 Å². The molecule has 2 rings (SSSR count). The molecule has 5 heteroatoms. The Bertz CT molecular complexity index is 408. The highest BCUT2D eigenvalue weighted by Gasteiger charge is 2.11. The van der Waals surface area contributed by atoms with Gasteiger partial charge in [-0.05, 0) is 20.0 Å². The van der Waals surface area contributed by atoms with Crippen LogP contribution < -0.4 is 5.32 Å². The molecule has 0 aromatic carbocycles. The number of likely N-dealkylation sites (N-methyl/N-ethyl adjacent to an activating group) is 1. The molecular formula is C10H13N3O2. The fraction of sp³-hybridized carbons (Fsp3) is 0.400. The molecule has 0 bridgehead atoms. The van der Waals surface area contributed by atoms with Crippen LogP contribution in [0.5, 0.6) is 0 Å². The van der Waals surface area contributed by atoms with Crippen molar-refractivity contribution in [3.05, 3.63) is 24.5 Å². The minimum Gasteiger partial charge on any atom is -0.472 e. The number of nitrogens with zero attached hydrogens (tertiary/aromatic N) is 2. The third-order valence-electron chi connectivity index (χ3n) is 2.22. The van der Waals surface area contributed by atoms with Crippen LogP contribution in [-0.2, 0) is 6.42 Å². The van der Waals surface area contributed by atoms with Gasteiger partial charge < -0.3 is 14.3 Å². The van der Waals surface area contributed by atoms with Crippen molar-refractivity contribution >= 4 is 0 Å². The van der Waals surface area contributed by atoms with Crippen LogP contribution in [0.3, 0.4) is 0 Å². The number of hydrogen-bond donors (Lipinski definition) is 1. The summed E-state index contributed by atoms with van der Waals surface area (Å²) in [7, 11) is 1.90. The predicted octanol–water partition coefficient (Wildman–Crippen LogP) is 1.48. The molecule has 0 saturated carbocycles. The van der Waals surface area contributed by atoms with E-state index in [9.17, 15) is 0 Å². The summed E-state index contributed by atoms with van der Waals surface area (Å²) in [6.45, 7) is 2.06. The van der Waals surface area contributed by atoms with Gasteiger partial charge in [-0.3, -0.25) is 0 Å². The molecule has 0 saturated heterocycles. The van der Waals surface area contributed by atoms with E-state index < -0.39 is 0 Å². The van der Waals surface area contributed by atoms with Gasteiger partial charge in [-0.15, -0.1) is 0 Å². The summed E-state index contributed by atoms with van der Waals surface area (Å²) in [4.78, 5) is 4.26. The van der Waals surface area contributed by atoms with E-state index in [0.29, 0.717) is 17.8 Å². The van der Waals surface area contributed by atoms with Crippen molar-refractivity contribution in [3.8, 4) is 11.4 Å². The zero-order chi connectivity index (χ0) is 10.7. The highest BCUT2D eigenvalue weighted by molar-refractivity contribution is 5.51. The molecule has 1 atom stereocenters. The minimum atomic E-state index is 0.322. The first-order valence-corrected chi connectivity index (χ1v) is 4.82. The molecule has 0 fully saturated rings. The molecule has 1 N–H and O–H groups in total. The lowest BCUT2D eigenvalue weighted by Crippen LogP contribution is -2.23. The molecule has 2 aromatic heterocycles. The van der Waals surface area contributed by atoms with E-state index in [1.807, 2.05) is 7.05 Å². The lowest BCUT2D eigenvalue weighted by Gasteiger charge is -2.04. The maximum absolute atomic E-state index is 5.12. The van der Waals surface area contributed by atoms with Crippen molar-refractivity contribution in [2.45, 2.75) is 19.4 Å². The van der Waals surface area contributed by atoms with Crippen molar-refractivity contribution in [2.24, 2.45) is 0 Å². The first-order chi connectivity index (χ1) is 7.29. The van der Waals surface area contributed by atoms with E-state index in [2.05, 4.69) is 22.4 Å². The average Bonchev–Trinajstić information content (AvgIpc) is 2.85. The van der Waals surface area contributed by atoms with Crippen molar-refractivity contribution < 1.29 is 8.94 Å². The van der Waals surface area contributed by atoms with E-state index in [1.54, 1.807) is 18.6 Å². The highest BCUT2D eigenvalue weighted by atomic mass is 16.5. The topological polar surface area (TPSA) is 64.1 Å². The molecule has 0 radical (unpaired) electrons. The Hall–Kier alpha value is -1.62. The Morgan fingerprint density at radius 3 is 3.07 bits per heavy atom. The molecule has 2 aromatic rings. The molecule has 0 aliphatic rings. The first-order valence-electron chi connectivity index (χ1n) is 4.82. The zero-order valence-electron chi connectivity index (χ0n) is 8.73. The summed E-state index contributed by atoms with van der Waals surface area (Å²) in [5, 5.41) is 6.98. The second-order valence-electron chi connectivity index (χ2n) is 3.42. The van der Waals surface area contributed by atoms with E-state index >= 15 is 0 Å². The van der Waals surface area contributed by atoms with Crippen molar-refractivity contribution in [1.82, 2.24) is 15.5 Å². The molecule has 0 spiro atoms. The average molecular weight is 207 g/mol. The molecule has 15 heavy (non-hydrogen) atoms. The van der Waals surface area contributed by atoms with Gasteiger partial charge in [-0.25, -0.2) is 0 Å². The van der Waals surface area contributed by atoms with Crippen LogP contribution in [0.25, 0.3) is 11.4 Å². The van der Waals surface area contributed by atoms with Crippen LogP contribution in [0.1, 0.15) is 12.8 Å². The van der Waals surface area contributed by atoms with Gasteiger partial charge in [0.15, 0.2) is 0 Å². The fourth-order valence-electron chi connectivity index (χ4n) is 1.21. The van der Waals surface area contributed by atoms with Crippen LogP contribution >= 0.6 is 0 Å². The Morgan fingerprint density at radius 2 is 2.40 bits per heavy atom. The van der Waals surface area contributed by atoms with Crippen LogP contribution in [0, 0.1) is 0 Å². The molecule has 1 unspecified atom stereocenters. The van der Waals surface area contributed by atoms with Crippen molar-refractivity contribution in [2.75, 3.05) is 7.05 Å². The second-order valence-corrected chi connectivity index (χ2v) is 3.42. The Kier molecular flexibility index (Phi) is 2.82. The number of aromatic nitrogens is 2. The predicted molar refractivity (Wildman–Crippen MR) is 54.2 cm³/mol. The van der Waals surface area contributed by atoms with E-state index in [0.717, 1.165) is 12.0 Å². The smallest absolute Gasteiger partial charge is 0.228 e. The minimum absolute atomic E-state index is 0.322. The Balaban J connectivity index is 2.11. The SMILES string of the molecule is CNC(C)Cc1nc(-c2ccoc2)no1. The number of rotatable bonds is 4. The summed E-state index contributed by atoms with van der Waals surface area (Å²) in [6, 6.07) is 2.12. The fourth-order valence-corrected chi connectivity index (χ4v) is 1.21. The Labute approximate surface area is 87.5 Å². The van der Waals surface area contributed by atoms with Crippen molar-refractivity contribution in [3.63, 3.8) is 0 Å². The van der Waals surface area contributed by atoms with Crippen LogP contribution in [0.15, 0.2) is 27.5 Å². The number of hydrogen-bond acceptors (Lipinski definition) is 5. The van der Waals surface area contributed by atoms with Crippen molar-refractivity contribution in [1.29, 1.82) is 0 Å². The maximum Gasteiger partial charge on any atom is 0.228 e. The maximum atomic E-state index is 5.12. The summed E-state index contributed by atoms with van der Waals surface area (Å²) >= 11 is 0. The molecule has 5 nitrogen and oxygen atoms in total.